The highest BCUT2D eigenvalue weighted by Gasteiger charge is 2.11. The molecule has 0 atom stereocenters. The summed E-state index contributed by atoms with van der Waals surface area (Å²) in [5, 5.41) is 25.6. The van der Waals surface area contributed by atoms with Crippen LogP contribution in [0.4, 0.5) is 0 Å². The quantitative estimate of drug-likeness (QED) is 0.309. The zero-order chi connectivity index (χ0) is 18.9. The van der Waals surface area contributed by atoms with Gasteiger partial charge in [0.05, 0.1) is 11.0 Å². The Morgan fingerprint density at radius 1 is 1.04 bits per heavy atom. The molecule has 5 N–H and O–H groups in total. The molecule has 0 aliphatic carbocycles. The van der Waals surface area contributed by atoms with E-state index in [0.717, 1.165) is 36.7 Å². The number of nitrogens with two attached hydrogens (primary N) is 1. The van der Waals surface area contributed by atoms with Gasteiger partial charge in [-0.2, -0.15) is 0 Å². The van der Waals surface area contributed by atoms with Crippen LogP contribution in [0.15, 0.2) is 36.4 Å². The Kier molecular flexibility index (Phi) is 8.00. The van der Waals surface area contributed by atoms with Gasteiger partial charge < -0.3 is 20.9 Å². The second-order valence-corrected chi connectivity index (χ2v) is 6.27. The average molecular weight is 354 g/mol. The van der Waals surface area contributed by atoms with Crippen molar-refractivity contribution in [3.8, 4) is 0 Å². The van der Waals surface area contributed by atoms with Crippen molar-refractivity contribution < 1.29 is 15.2 Å². The maximum absolute atomic E-state index is 8.93. The fourth-order valence-electron chi connectivity index (χ4n) is 3.32. The van der Waals surface area contributed by atoms with Gasteiger partial charge >= 0.3 is 7.69 Å². The lowest BCUT2D eigenvalue weighted by Crippen LogP contribution is -2.05. The molecule has 0 amide bonds. The van der Waals surface area contributed by atoms with E-state index in [0.29, 0.717) is 6.54 Å². The molecule has 138 valence electrons. The van der Waals surface area contributed by atoms with Crippen LogP contribution >= 0.6 is 0 Å². The predicted octanol–water partition coefficient (Wildman–Crippen LogP) is 2.10. The van der Waals surface area contributed by atoms with Gasteiger partial charge in [0.1, 0.15) is 0 Å². The summed E-state index contributed by atoms with van der Waals surface area (Å²) < 4.78 is 0. The van der Waals surface area contributed by atoms with E-state index < -0.39 is 7.69 Å². The number of benzene rings is 2. The van der Waals surface area contributed by atoms with Crippen molar-refractivity contribution in [2.75, 3.05) is 6.61 Å². The molecule has 0 bridgehead atoms. The molecule has 5 nitrogen and oxygen atoms in total. The summed E-state index contributed by atoms with van der Waals surface area (Å²) in [7, 11) is -0.750. The molecule has 0 unspecified atom stereocenters. The first-order valence-corrected chi connectivity index (χ1v) is 8.99. The fraction of sp³-hybridized carbons (Fsp3) is 0.350. The molecular weight excluding hydrogens is 327 g/mol. The van der Waals surface area contributed by atoms with Gasteiger partial charge in [-0.15, -0.1) is 0 Å². The number of pyridine rings is 1. The second-order valence-electron chi connectivity index (χ2n) is 6.27. The smallest absolute Gasteiger partial charge is 0.430 e. The standard InChI is InChI=1S/C20H24N2O.BH3O2/c1-14-17(8-3-2-6-10-23)16(13-21)12-20-18(14)11-15-7-4-5-9-19(15)22-20;2-1-3/h4-5,7,9,11-12,23H,2-3,6,8,10,13,21H2,1H3;1-3H. The van der Waals surface area contributed by atoms with Gasteiger partial charge in [0, 0.05) is 23.9 Å². The molecule has 0 aliphatic rings. The number of aromatic nitrogens is 1. The minimum Gasteiger partial charge on any atom is -0.430 e. The topological polar surface area (TPSA) is 99.6 Å². The third-order valence-corrected chi connectivity index (χ3v) is 4.61. The third kappa shape index (κ3) is 4.80. The Morgan fingerprint density at radius 3 is 2.46 bits per heavy atom. The lowest BCUT2D eigenvalue weighted by molar-refractivity contribution is 0.283. The maximum Gasteiger partial charge on any atom is 0.432 e. The van der Waals surface area contributed by atoms with Gasteiger partial charge in [-0.25, -0.2) is 4.98 Å². The van der Waals surface area contributed by atoms with E-state index in [1.54, 1.807) is 0 Å². The Morgan fingerprint density at radius 2 is 1.77 bits per heavy atom. The number of aliphatic hydroxyl groups is 1. The molecule has 6 heteroatoms. The summed E-state index contributed by atoms with van der Waals surface area (Å²) in [6.45, 7) is 3.00. The largest absolute Gasteiger partial charge is 0.432 e. The summed E-state index contributed by atoms with van der Waals surface area (Å²) in [5.41, 5.74) is 11.9. The summed E-state index contributed by atoms with van der Waals surface area (Å²) in [6, 6.07) is 12.6. The molecule has 3 rings (SSSR count). The van der Waals surface area contributed by atoms with E-state index in [9.17, 15) is 0 Å². The normalized spacial score (nSPS) is 10.7. The van der Waals surface area contributed by atoms with Gasteiger partial charge in [0.15, 0.2) is 0 Å². The van der Waals surface area contributed by atoms with E-state index in [1.165, 1.54) is 27.5 Å². The Bertz CT molecular complexity index is 855. The van der Waals surface area contributed by atoms with Crippen LogP contribution in [0, 0.1) is 6.92 Å². The highest BCUT2D eigenvalue weighted by Crippen LogP contribution is 2.28. The van der Waals surface area contributed by atoms with Crippen LogP contribution in [0.2, 0.25) is 0 Å². The van der Waals surface area contributed by atoms with Gasteiger partial charge in [0.2, 0.25) is 0 Å². The first-order valence-electron chi connectivity index (χ1n) is 8.99. The third-order valence-electron chi connectivity index (χ3n) is 4.61. The van der Waals surface area contributed by atoms with E-state index >= 15 is 0 Å². The van der Waals surface area contributed by atoms with Crippen molar-refractivity contribution in [3.05, 3.63) is 53.1 Å². The number of aryl methyl sites for hydroxylation is 1. The van der Waals surface area contributed by atoms with Crippen LogP contribution in [0.25, 0.3) is 21.8 Å². The lowest BCUT2D eigenvalue weighted by Gasteiger charge is -2.15. The number of unbranched alkanes of at least 4 members (excludes halogenated alkanes) is 2. The molecule has 0 fully saturated rings. The first-order chi connectivity index (χ1) is 12.7. The summed E-state index contributed by atoms with van der Waals surface area (Å²) in [5.74, 6) is 0. The van der Waals surface area contributed by atoms with Crippen LogP contribution in [-0.4, -0.2) is 34.4 Å². The first kappa shape index (κ1) is 20.3. The van der Waals surface area contributed by atoms with Crippen LogP contribution < -0.4 is 5.73 Å². The molecule has 0 saturated heterocycles. The van der Waals surface area contributed by atoms with Crippen LogP contribution in [-0.2, 0) is 13.0 Å². The van der Waals surface area contributed by atoms with Crippen molar-refractivity contribution in [3.63, 3.8) is 0 Å². The number of fused-ring (bicyclic) bond motifs is 2. The molecule has 2 aromatic carbocycles. The van der Waals surface area contributed by atoms with Gasteiger partial charge in [0.25, 0.3) is 0 Å². The zero-order valence-corrected chi connectivity index (χ0v) is 15.3. The molecule has 0 aliphatic heterocycles. The van der Waals surface area contributed by atoms with E-state index in [4.69, 9.17) is 25.9 Å². The molecule has 1 aromatic heterocycles. The number of hydrogen-bond donors (Lipinski definition) is 4. The molecule has 0 spiro atoms. The molecule has 1 heterocycles. The summed E-state index contributed by atoms with van der Waals surface area (Å²) in [4.78, 5) is 4.81. The zero-order valence-electron chi connectivity index (χ0n) is 15.3. The Hall–Kier alpha value is -1.99. The van der Waals surface area contributed by atoms with E-state index in [2.05, 4.69) is 37.3 Å². The molecule has 0 saturated carbocycles. The van der Waals surface area contributed by atoms with Crippen molar-refractivity contribution in [2.45, 2.75) is 39.2 Å². The van der Waals surface area contributed by atoms with Gasteiger partial charge in [-0.05, 0) is 61.1 Å². The maximum atomic E-state index is 8.93. The van der Waals surface area contributed by atoms with E-state index in [1.807, 2.05) is 6.07 Å². The summed E-state index contributed by atoms with van der Waals surface area (Å²) >= 11 is 0. The minimum absolute atomic E-state index is 0.274. The number of hydrogen-bond acceptors (Lipinski definition) is 5. The van der Waals surface area contributed by atoms with Crippen molar-refractivity contribution in [1.29, 1.82) is 0 Å². The highest BCUT2D eigenvalue weighted by atomic mass is 16.4. The van der Waals surface area contributed by atoms with Crippen molar-refractivity contribution >= 4 is 29.5 Å². The molecule has 0 radical (unpaired) electrons. The fourth-order valence-corrected chi connectivity index (χ4v) is 3.32. The van der Waals surface area contributed by atoms with Crippen molar-refractivity contribution in [1.82, 2.24) is 4.98 Å². The molecular formula is C20H27BN2O3. The predicted molar refractivity (Wildman–Crippen MR) is 108 cm³/mol. The number of rotatable bonds is 6. The van der Waals surface area contributed by atoms with Gasteiger partial charge in [-0.1, -0.05) is 24.6 Å². The summed E-state index contributed by atoms with van der Waals surface area (Å²) in [6.07, 6.45) is 4.02. The molecule has 3 aromatic rings. The van der Waals surface area contributed by atoms with Crippen LogP contribution in [0.5, 0.6) is 0 Å². The minimum atomic E-state index is -0.750. The Labute approximate surface area is 154 Å². The number of nitrogens with zero attached hydrogens (tertiary/aromatic N) is 1. The average Bonchev–Trinajstić information content (AvgIpc) is 2.66. The number of para-hydroxylation sites is 1. The lowest BCUT2D eigenvalue weighted by atomic mass is 9.92. The van der Waals surface area contributed by atoms with Crippen LogP contribution in [0.1, 0.15) is 36.0 Å². The second kappa shape index (κ2) is 10.2. The van der Waals surface area contributed by atoms with E-state index in [-0.39, 0.29) is 6.61 Å². The number of aliphatic hydroxyl groups excluding tert-OH is 1. The highest BCUT2D eigenvalue weighted by molar-refractivity contribution is 6.13. The van der Waals surface area contributed by atoms with Gasteiger partial charge in [-0.3, -0.25) is 0 Å². The Balaban J connectivity index is 0.000000758. The SMILES string of the molecule is Cc1c(CCCCCO)c(CN)cc2nc3ccccc3cc12.OBO. The monoisotopic (exact) mass is 354 g/mol. The van der Waals surface area contributed by atoms with Crippen molar-refractivity contribution in [2.24, 2.45) is 5.73 Å². The molecule has 26 heavy (non-hydrogen) atoms. The van der Waals surface area contributed by atoms with Crippen LogP contribution in [0.3, 0.4) is 0 Å².